The van der Waals surface area contributed by atoms with Crippen LogP contribution >= 0.6 is 11.6 Å². The van der Waals surface area contributed by atoms with Crippen LogP contribution in [0.25, 0.3) is 0 Å². The predicted octanol–water partition coefficient (Wildman–Crippen LogP) is 4.53. The average Bonchev–Trinajstić information content (AvgIpc) is 3.28. The fraction of sp³-hybridized carbons (Fsp3) is 0.440. The van der Waals surface area contributed by atoms with Crippen molar-refractivity contribution in [2.24, 2.45) is 16.7 Å². The van der Waals surface area contributed by atoms with E-state index in [-0.39, 0.29) is 45.9 Å². The van der Waals surface area contributed by atoms with E-state index in [9.17, 15) is 39.0 Å². The van der Waals surface area contributed by atoms with Gasteiger partial charge < -0.3 is 44.0 Å². The summed E-state index contributed by atoms with van der Waals surface area (Å²) in [5, 5.41) is 28.8. The normalized spacial score (nSPS) is 29.9. The number of nitrogens with one attached hydrogen (secondary N) is 1. The minimum atomic E-state index is -2.51. The zero-order chi connectivity index (χ0) is 49.7. The molecule has 2 saturated carbocycles. The Kier molecular flexibility index (Phi) is 13.6. The zero-order valence-electron chi connectivity index (χ0n) is 38.3. The summed E-state index contributed by atoms with van der Waals surface area (Å²) in [4.78, 5) is 111. The van der Waals surface area contributed by atoms with E-state index >= 15 is 9.59 Å². The third kappa shape index (κ3) is 8.61. The Morgan fingerprint density at radius 3 is 1.97 bits per heavy atom. The van der Waals surface area contributed by atoms with Gasteiger partial charge in [0, 0.05) is 44.1 Å². The molecule has 1 aliphatic heterocycles. The molecular formula is C50H52ClNO16. The van der Waals surface area contributed by atoms with Crippen LogP contribution < -0.4 is 5.32 Å². The molecule has 0 unspecified atom stereocenters. The lowest BCUT2D eigenvalue weighted by Crippen LogP contribution is -2.82. The number of aliphatic hydroxyl groups excluding tert-OH is 1. The van der Waals surface area contributed by atoms with Crippen molar-refractivity contribution in [3.8, 4) is 0 Å². The number of halogens is 1. The molecule has 3 aliphatic carbocycles. The van der Waals surface area contributed by atoms with Crippen LogP contribution in [0.1, 0.15) is 93.6 Å². The van der Waals surface area contributed by atoms with Crippen LogP contribution in [-0.4, -0.2) is 112 Å². The highest BCUT2D eigenvalue weighted by Gasteiger charge is 2.78. The molecular weight excluding hydrogens is 906 g/mol. The Bertz CT molecular complexity index is 2560. The molecule has 3 aromatic rings. The van der Waals surface area contributed by atoms with Gasteiger partial charge in [0.1, 0.15) is 30.0 Å². The third-order valence-electron chi connectivity index (χ3n) is 14.1. The fourth-order valence-corrected chi connectivity index (χ4v) is 10.6. The van der Waals surface area contributed by atoms with Gasteiger partial charge in [-0.3, -0.25) is 24.0 Å². The number of Topliss-reactive ketones (excluding diaryl/α,β-unsaturated/α-hetero) is 2. The fourth-order valence-electron chi connectivity index (χ4n) is 10.5. The van der Waals surface area contributed by atoms with Crippen molar-refractivity contribution >= 4 is 58.9 Å². The van der Waals surface area contributed by atoms with Gasteiger partial charge in [-0.15, -0.1) is 0 Å². The summed E-state index contributed by atoms with van der Waals surface area (Å²) in [6.45, 7) is 8.66. The average molecular weight is 958 g/mol. The lowest BCUT2D eigenvalue weighted by atomic mass is 9.44. The van der Waals surface area contributed by atoms with E-state index in [1.54, 1.807) is 36.4 Å². The SMILES string of the molecule is CC(=O)O[C@H]1C(=O)[C@@]2(C)[C@H]([C@H](OC(=O)c3ccc(Cl)cc3)[C@]3(O)C[C@H](OC(=O)[C@H](OC(=O)c4ccccc4)[C@@H](NC(=O)C(C)=O)c4ccccc4)C(C)=C1C3(C)C)[C@]1(OC(C)=O)CO[C@@H]1C[C@@H]2O. The number of aliphatic hydroxyl groups is 2. The molecule has 1 saturated heterocycles. The first kappa shape index (κ1) is 49.6. The van der Waals surface area contributed by atoms with Gasteiger partial charge in [0.05, 0.1) is 35.2 Å². The Labute approximate surface area is 396 Å². The number of amides is 1. The molecule has 0 aromatic heterocycles. The Balaban J connectivity index is 1.44. The topological polar surface area (TPSA) is 244 Å². The van der Waals surface area contributed by atoms with Crippen molar-refractivity contribution in [2.75, 3.05) is 6.61 Å². The number of ether oxygens (including phenoxy) is 6. The van der Waals surface area contributed by atoms with E-state index in [4.69, 9.17) is 40.0 Å². The molecule has 18 heteroatoms. The Morgan fingerprint density at radius 1 is 0.809 bits per heavy atom. The second-order valence-electron chi connectivity index (χ2n) is 18.4. The van der Waals surface area contributed by atoms with Crippen LogP contribution in [0, 0.1) is 16.7 Å². The standard InChI is InChI=1S/C50H52ClNO16/c1-25-33(65-46(61)39(66-44(59)30-16-12-9-13-17-30)37(52-43(58)26(2)53)29-14-10-8-11-15-29)23-50(62)42(67-45(60)31-18-20-32(51)21-19-31)40-48(7,34(56)22-35-49(40,24-63-35)68-28(4)55)41(57)38(64-27(3)54)36(25)47(50,5)6/h8-21,33-35,37-40,42,56,62H,22-24H2,1-7H3,(H,52,58)/t33-,34-,35+,37-,38+,39+,40-,42-,48+,49-,50+/m0/s1. The summed E-state index contributed by atoms with van der Waals surface area (Å²) in [6.07, 6.45) is -11.1. The molecule has 2 bridgehead atoms. The van der Waals surface area contributed by atoms with Crippen molar-refractivity contribution in [1.82, 2.24) is 5.32 Å². The summed E-state index contributed by atoms with van der Waals surface area (Å²) < 4.78 is 36.4. The summed E-state index contributed by atoms with van der Waals surface area (Å²) in [5.41, 5.74) is -8.08. The highest BCUT2D eigenvalue weighted by atomic mass is 35.5. The van der Waals surface area contributed by atoms with Gasteiger partial charge in [-0.2, -0.15) is 0 Å². The molecule has 0 spiro atoms. The van der Waals surface area contributed by atoms with Gasteiger partial charge in [0.15, 0.2) is 17.5 Å². The monoisotopic (exact) mass is 957 g/mol. The lowest BCUT2D eigenvalue weighted by molar-refractivity contribution is -0.346. The van der Waals surface area contributed by atoms with E-state index in [0.717, 1.165) is 20.8 Å². The number of hydrogen-bond acceptors (Lipinski definition) is 16. The maximum absolute atomic E-state index is 15.7. The Hall–Kier alpha value is -6.27. The van der Waals surface area contributed by atoms with Gasteiger partial charge in [-0.25, -0.2) is 14.4 Å². The molecule has 4 aliphatic rings. The minimum Gasteiger partial charge on any atom is -0.455 e. The highest BCUT2D eigenvalue weighted by molar-refractivity contribution is 6.35. The van der Waals surface area contributed by atoms with Crippen LogP contribution in [0.3, 0.4) is 0 Å². The second-order valence-corrected chi connectivity index (χ2v) is 18.9. The lowest BCUT2D eigenvalue weighted by Gasteiger charge is -2.67. The molecule has 11 atom stereocenters. The number of fused-ring (bicyclic) bond motifs is 5. The number of ketones is 2. The molecule has 3 aromatic carbocycles. The maximum Gasteiger partial charge on any atom is 0.350 e. The first-order chi connectivity index (χ1) is 32.0. The molecule has 3 fully saturated rings. The van der Waals surface area contributed by atoms with Crippen LogP contribution in [0.5, 0.6) is 0 Å². The van der Waals surface area contributed by atoms with E-state index < -0.39 is 124 Å². The molecule has 17 nitrogen and oxygen atoms in total. The first-order valence-electron chi connectivity index (χ1n) is 21.9. The van der Waals surface area contributed by atoms with Crippen LogP contribution in [-0.2, 0) is 57.2 Å². The largest absolute Gasteiger partial charge is 0.455 e. The van der Waals surface area contributed by atoms with E-state index in [0.29, 0.717) is 0 Å². The van der Waals surface area contributed by atoms with Crippen LogP contribution in [0.2, 0.25) is 5.02 Å². The van der Waals surface area contributed by atoms with Crippen molar-refractivity contribution in [2.45, 2.75) is 115 Å². The van der Waals surface area contributed by atoms with Gasteiger partial charge in [-0.05, 0) is 67.0 Å². The first-order valence-corrected chi connectivity index (χ1v) is 22.3. The predicted molar refractivity (Wildman–Crippen MR) is 237 cm³/mol. The minimum absolute atomic E-state index is 0.00934. The van der Waals surface area contributed by atoms with E-state index in [2.05, 4.69) is 5.32 Å². The number of benzene rings is 3. The summed E-state index contributed by atoms with van der Waals surface area (Å²) >= 11 is 6.16. The summed E-state index contributed by atoms with van der Waals surface area (Å²) in [6, 6.07) is 19.5. The number of carbonyl (C=O) groups excluding carboxylic acids is 8. The molecule has 7 rings (SSSR count). The smallest absolute Gasteiger partial charge is 0.350 e. The van der Waals surface area contributed by atoms with Crippen molar-refractivity contribution in [3.05, 3.63) is 118 Å². The van der Waals surface area contributed by atoms with Crippen LogP contribution in [0.4, 0.5) is 0 Å². The number of esters is 5. The van der Waals surface area contributed by atoms with Gasteiger partial charge >= 0.3 is 29.8 Å². The summed E-state index contributed by atoms with van der Waals surface area (Å²) in [5.74, 6) is -9.76. The summed E-state index contributed by atoms with van der Waals surface area (Å²) in [7, 11) is 0. The Morgan fingerprint density at radius 2 is 1.41 bits per heavy atom. The second kappa shape index (κ2) is 18.7. The number of rotatable bonds is 12. The quantitative estimate of drug-likeness (QED) is 0.0977. The van der Waals surface area contributed by atoms with E-state index in [1.807, 2.05) is 0 Å². The van der Waals surface area contributed by atoms with Crippen molar-refractivity contribution < 1.29 is 77.0 Å². The molecule has 3 N–H and O–H groups in total. The number of carbonyl (C=O) groups is 8. The zero-order valence-corrected chi connectivity index (χ0v) is 39.1. The van der Waals surface area contributed by atoms with Gasteiger partial charge in [0.2, 0.25) is 11.9 Å². The molecule has 1 heterocycles. The number of hydrogen-bond donors (Lipinski definition) is 3. The maximum atomic E-state index is 15.7. The van der Waals surface area contributed by atoms with E-state index in [1.165, 1.54) is 76.2 Å². The van der Waals surface area contributed by atoms with Crippen molar-refractivity contribution in [3.63, 3.8) is 0 Å². The van der Waals surface area contributed by atoms with Crippen LogP contribution in [0.15, 0.2) is 96.1 Å². The molecule has 1 amide bonds. The highest BCUT2D eigenvalue weighted by Crippen LogP contribution is 2.64. The molecule has 360 valence electrons. The van der Waals surface area contributed by atoms with Crippen molar-refractivity contribution in [1.29, 1.82) is 0 Å². The molecule has 0 radical (unpaired) electrons. The molecule has 68 heavy (non-hydrogen) atoms. The third-order valence-corrected chi connectivity index (χ3v) is 14.3. The van der Waals surface area contributed by atoms with Gasteiger partial charge in [-0.1, -0.05) is 74.0 Å². The van der Waals surface area contributed by atoms with Gasteiger partial charge in [0.25, 0.3) is 5.91 Å².